The maximum absolute atomic E-state index is 15.5. The Bertz CT molecular complexity index is 680. The minimum absolute atomic E-state index is 0.0996. The van der Waals surface area contributed by atoms with Crippen LogP contribution < -0.4 is 0 Å². The normalized spacial score (nSPS) is 32.6. The summed E-state index contributed by atoms with van der Waals surface area (Å²) in [4.78, 5) is 0. The SMILES string of the molecule is CCCCC1CCc2c(cc(F)c(C3CCC4CC(CC)CCC4C3)c2F)C1. The number of rotatable bonds is 5. The van der Waals surface area contributed by atoms with Crippen molar-refractivity contribution >= 4 is 0 Å². The first-order valence-electron chi connectivity index (χ1n) is 12.1. The summed E-state index contributed by atoms with van der Waals surface area (Å²) in [5.74, 6) is 2.67. The highest BCUT2D eigenvalue weighted by Gasteiger charge is 2.38. The topological polar surface area (TPSA) is 0 Å². The molecule has 2 fully saturated rings. The molecule has 4 rings (SSSR count). The highest BCUT2D eigenvalue weighted by Crippen LogP contribution is 2.49. The first-order valence-corrected chi connectivity index (χ1v) is 12.1. The van der Waals surface area contributed by atoms with Gasteiger partial charge in [-0.3, -0.25) is 0 Å². The van der Waals surface area contributed by atoms with Crippen LogP contribution in [0, 0.1) is 35.3 Å². The summed E-state index contributed by atoms with van der Waals surface area (Å²) >= 11 is 0. The lowest BCUT2D eigenvalue weighted by Crippen LogP contribution is -2.31. The zero-order valence-electron chi connectivity index (χ0n) is 17.9. The maximum atomic E-state index is 15.5. The van der Waals surface area contributed by atoms with Gasteiger partial charge in [0.2, 0.25) is 0 Å². The Balaban J connectivity index is 1.50. The molecule has 1 aromatic rings. The van der Waals surface area contributed by atoms with Gasteiger partial charge in [0, 0.05) is 5.56 Å². The molecule has 0 amide bonds. The molecule has 5 atom stereocenters. The first kappa shape index (κ1) is 20.4. The van der Waals surface area contributed by atoms with E-state index in [1.165, 1.54) is 51.4 Å². The highest BCUT2D eigenvalue weighted by molar-refractivity contribution is 5.39. The molecule has 0 nitrogen and oxygen atoms in total. The summed E-state index contributed by atoms with van der Waals surface area (Å²) in [6, 6.07) is 1.71. The Morgan fingerprint density at radius 1 is 0.929 bits per heavy atom. The average Bonchev–Trinajstić information content (AvgIpc) is 2.71. The van der Waals surface area contributed by atoms with Crippen LogP contribution in [0.25, 0.3) is 0 Å². The van der Waals surface area contributed by atoms with Gasteiger partial charge in [-0.15, -0.1) is 0 Å². The van der Waals surface area contributed by atoms with Crippen LogP contribution in [0.1, 0.15) is 107 Å². The highest BCUT2D eigenvalue weighted by atomic mass is 19.1. The number of unbranched alkanes of at least 4 members (excludes halogenated alkanes) is 1. The van der Waals surface area contributed by atoms with E-state index < -0.39 is 0 Å². The monoisotopic (exact) mass is 388 g/mol. The van der Waals surface area contributed by atoms with Crippen molar-refractivity contribution in [2.24, 2.45) is 23.7 Å². The molecule has 0 aliphatic heterocycles. The fraction of sp³-hybridized carbons (Fsp3) is 0.769. The molecule has 2 heteroatoms. The molecular weight excluding hydrogens is 350 g/mol. The summed E-state index contributed by atoms with van der Waals surface area (Å²) in [6.45, 7) is 4.52. The van der Waals surface area contributed by atoms with E-state index in [2.05, 4.69) is 13.8 Å². The molecule has 0 heterocycles. The third-order valence-electron chi connectivity index (χ3n) is 8.43. The largest absolute Gasteiger partial charge is 0.207 e. The van der Waals surface area contributed by atoms with E-state index in [0.29, 0.717) is 17.4 Å². The molecule has 0 saturated heterocycles. The quantitative estimate of drug-likeness (QED) is 0.480. The molecule has 0 aromatic heterocycles. The molecule has 3 aliphatic rings. The van der Waals surface area contributed by atoms with Crippen LogP contribution in [0.4, 0.5) is 8.78 Å². The van der Waals surface area contributed by atoms with E-state index in [9.17, 15) is 0 Å². The van der Waals surface area contributed by atoms with Crippen LogP contribution >= 0.6 is 0 Å². The zero-order valence-corrected chi connectivity index (χ0v) is 17.9. The average molecular weight is 389 g/mol. The second-order valence-corrected chi connectivity index (χ2v) is 10.1. The second-order valence-electron chi connectivity index (χ2n) is 10.1. The number of benzene rings is 1. The van der Waals surface area contributed by atoms with Crippen molar-refractivity contribution in [1.82, 2.24) is 0 Å². The molecule has 2 saturated carbocycles. The number of fused-ring (bicyclic) bond motifs is 2. The third-order valence-corrected chi connectivity index (χ3v) is 8.43. The number of halogens is 2. The van der Waals surface area contributed by atoms with Crippen molar-refractivity contribution in [3.05, 3.63) is 34.4 Å². The third kappa shape index (κ3) is 4.03. The minimum atomic E-state index is -0.252. The Morgan fingerprint density at radius 3 is 2.50 bits per heavy atom. The van der Waals surface area contributed by atoms with Gasteiger partial charge in [0.15, 0.2) is 0 Å². The number of hydrogen-bond donors (Lipinski definition) is 0. The van der Waals surface area contributed by atoms with E-state index in [0.717, 1.165) is 55.1 Å². The molecule has 0 spiro atoms. The lowest BCUT2D eigenvalue weighted by molar-refractivity contribution is 0.114. The fourth-order valence-corrected chi connectivity index (χ4v) is 6.67. The van der Waals surface area contributed by atoms with E-state index in [1.54, 1.807) is 6.07 Å². The molecule has 156 valence electrons. The van der Waals surface area contributed by atoms with Crippen LogP contribution in [-0.4, -0.2) is 0 Å². The van der Waals surface area contributed by atoms with Gasteiger partial charge in [0.1, 0.15) is 11.6 Å². The molecule has 5 unspecified atom stereocenters. The van der Waals surface area contributed by atoms with Crippen molar-refractivity contribution in [1.29, 1.82) is 0 Å². The first-order chi connectivity index (χ1) is 13.6. The van der Waals surface area contributed by atoms with Crippen LogP contribution in [0.15, 0.2) is 6.07 Å². The summed E-state index contributed by atoms with van der Waals surface area (Å²) in [5.41, 5.74) is 2.26. The lowest BCUT2D eigenvalue weighted by Gasteiger charge is -2.42. The molecule has 0 N–H and O–H groups in total. The minimum Gasteiger partial charge on any atom is -0.207 e. The van der Waals surface area contributed by atoms with Gasteiger partial charge in [-0.1, -0.05) is 46.0 Å². The van der Waals surface area contributed by atoms with Crippen LogP contribution in [0.2, 0.25) is 0 Å². The van der Waals surface area contributed by atoms with Gasteiger partial charge >= 0.3 is 0 Å². The molecule has 0 radical (unpaired) electrons. The van der Waals surface area contributed by atoms with Crippen molar-refractivity contribution in [2.75, 3.05) is 0 Å². The predicted octanol–water partition coefficient (Wildman–Crippen LogP) is 7.97. The van der Waals surface area contributed by atoms with Gasteiger partial charge in [-0.2, -0.15) is 0 Å². The predicted molar refractivity (Wildman–Crippen MR) is 113 cm³/mol. The van der Waals surface area contributed by atoms with Crippen molar-refractivity contribution in [2.45, 2.75) is 103 Å². The van der Waals surface area contributed by atoms with Crippen molar-refractivity contribution < 1.29 is 8.78 Å². The second kappa shape index (κ2) is 8.84. The van der Waals surface area contributed by atoms with Crippen LogP contribution in [0.3, 0.4) is 0 Å². The van der Waals surface area contributed by atoms with E-state index in [4.69, 9.17) is 0 Å². The van der Waals surface area contributed by atoms with Gasteiger partial charge in [-0.05, 0) is 98.1 Å². The summed E-state index contributed by atoms with van der Waals surface area (Å²) in [6.07, 6.45) is 14.8. The molecule has 1 aromatic carbocycles. The smallest absolute Gasteiger partial charge is 0.133 e. The van der Waals surface area contributed by atoms with Gasteiger partial charge in [-0.25, -0.2) is 8.78 Å². The standard InChI is InChI=1S/C26H38F2/c1-3-5-6-18-8-12-23-22(14-18)16-24(27)25(26(23)28)21-11-10-19-13-17(4-2)7-9-20(19)15-21/h16-21H,3-15H2,1-2H3. The van der Waals surface area contributed by atoms with E-state index in [-0.39, 0.29) is 17.6 Å². The zero-order chi connectivity index (χ0) is 19.7. The molecular formula is C26H38F2. The Kier molecular flexibility index (Phi) is 6.43. The molecule has 0 bridgehead atoms. The van der Waals surface area contributed by atoms with E-state index >= 15 is 8.78 Å². The summed E-state index contributed by atoms with van der Waals surface area (Å²) in [5, 5.41) is 0. The van der Waals surface area contributed by atoms with Crippen molar-refractivity contribution in [3.8, 4) is 0 Å². The Labute approximate surface area is 170 Å². The fourth-order valence-electron chi connectivity index (χ4n) is 6.67. The van der Waals surface area contributed by atoms with Crippen molar-refractivity contribution in [3.63, 3.8) is 0 Å². The number of hydrogen-bond acceptors (Lipinski definition) is 0. The van der Waals surface area contributed by atoms with Crippen LogP contribution in [0.5, 0.6) is 0 Å². The summed E-state index contributed by atoms with van der Waals surface area (Å²) < 4.78 is 30.6. The summed E-state index contributed by atoms with van der Waals surface area (Å²) in [7, 11) is 0. The van der Waals surface area contributed by atoms with E-state index in [1.807, 2.05) is 0 Å². The maximum Gasteiger partial charge on any atom is 0.133 e. The van der Waals surface area contributed by atoms with Gasteiger partial charge in [0.25, 0.3) is 0 Å². The lowest BCUT2D eigenvalue weighted by atomic mass is 9.63. The Hall–Kier alpha value is -0.920. The molecule has 3 aliphatic carbocycles. The Morgan fingerprint density at radius 2 is 1.71 bits per heavy atom. The molecule has 28 heavy (non-hydrogen) atoms. The van der Waals surface area contributed by atoms with Crippen LogP contribution in [-0.2, 0) is 12.8 Å². The van der Waals surface area contributed by atoms with Gasteiger partial charge in [0.05, 0.1) is 0 Å². The van der Waals surface area contributed by atoms with Gasteiger partial charge < -0.3 is 0 Å².